The first-order valence-corrected chi connectivity index (χ1v) is 8.97. The molecular weight excluding hydrogens is 411 g/mol. The second kappa shape index (κ2) is 11.7. The Labute approximate surface area is 164 Å². The summed E-state index contributed by atoms with van der Waals surface area (Å²) in [6, 6.07) is 11.0. The Morgan fingerprint density at radius 1 is 1.21 bits per heavy atom. The summed E-state index contributed by atoms with van der Waals surface area (Å²) in [4.78, 5) is 7.18. The van der Waals surface area contributed by atoms with Gasteiger partial charge in [0.15, 0.2) is 5.96 Å². The zero-order chi connectivity index (χ0) is 16.5. The molecule has 1 atom stereocenters. The molecule has 5 heteroatoms. The van der Waals surface area contributed by atoms with Gasteiger partial charge in [0.05, 0.1) is 6.54 Å². The summed E-state index contributed by atoms with van der Waals surface area (Å²) in [6.07, 6.45) is 4.81. The van der Waals surface area contributed by atoms with Gasteiger partial charge in [-0.05, 0) is 50.3 Å². The Kier molecular flexibility index (Phi) is 10.3. The lowest BCUT2D eigenvalue weighted by atomic mass is 10.0. The van der Waals surface area contributed by atoms with E-state index in [2.05, 4.69) is 53.3 Å². The predicted molar refractivity (Wildman–Crippen MR) is 114 cm³/mol. The van der Waals surface area contributed by atoms with Gasteiger partial charge in [0.1, 0.15) is 0 Å². The monoisotopic (exact) mass is 444 g/mol. The van der Waals surface area contributed by atoms with Crippen LogP contribution in [0.3, 0.4) is 0 Å². The van der Waals surface area contributed by atoms with Crippen LogP contribution in [0.4, 0.5) is 0 Å². The topological polar surface area (TPSA) is 53.6 Å². The van der Waals surface area contributed by atoms with Gasteiger partial charge in [0.2, 0.25) is 0 Å². The minimum atomic E-state index is 0. The first-order chi connectivity index (χ1) is 11.1. The van der Waals surface area contributed by atoms with Gasteiger partial charge in [0, 0.05) is 12.6 Å². The maximum Gasteiger partial charge on any atom is 0.188 e. The van der Waals surface area contributed by atoms with Crippen LogP contribution in [0, 0.1) is 5.92 Å². The fourth-order valence-corrected chi connectivity index (χ4v) is 3.23. The van der Waals surface area contributed by atoms with Crippen molar-refractivity contribution in [1.29, 1.82) is 0 Å². The first kappa shape index (κ1) is 21.2. The minimum absolute atomic E-state index is 0. The lowest BCUT2D eigenvalue weighted by Crippen LogP contribution is -2.39. The summed E-state index contributed by atoms with van der Waals surface area (Å²) in [6.45, 7) is 8.64. The van der Waals surface area contributed by atoms with E-state index in [0.29, 0.717) is 17.9 Å². The maximum atomic E-state index is 6.04. The zero-order valence-electron chi connectivity index (χ0n) is 15.1. The van der Waals surface area contributed by atoms with Crippen molar-refractivity contribution in [3.8, 4) is 0 Å². The number of benzene rings is 1. The lowest BCUT2D eigenvalue weighted by molar-refractivity contribution is 0.218. The zero-order valence-corrected chi connectivity index (χ0v) is 17.4. The molecule has 0 aromatic heterocycles. The summed E-state index contributed by atoms with van der Waals surface area (Å²) in [5, 5.41) is 3.24. The summed E-state index contributed by atoms with van der Waals surface area (Å²) < 4.78 is 0. The van der Waals surface area contributed by atoms with Crippen molar-refractivity contribution in [3.05, 3.63) is 35.9 Å². The van der Waals surface area contributed by atoms with E-state index in [4.69, 9.17) is 5.73 Å². The summed E-state index contributed by atoms with van der Waals surface area (Å²) in [5.74, 6) is 1.27. The van der Waals surface area contributed by atoms with Crippen LogP contribution in [-0.4, -0.2) is 43.1 Å². The minimum Gasteiger partial charge on any atom is -0.370 e. The number of halogens is 1. The summed E-state index contributed by atoms with van der Waals surface area (Å²) >= 11 is 0. The van der Waals surface area contributed by atoms with Crippen molar-refractivity contribution in [3.63, 3.8) is 0 Å². The van der Waals surface area contributed by atoms with Crippen LogP contribution in [0.1, 0.15) is 38.7 Å². The van der Waals surface area contributed by atoms with Gasteiger partial charge in [-0.25, -0.2) is 0 Å². The molecule has 0 radical (unpaired) electrons. The Bertz CT molecular complexity index is 470. The molecule has 1 fully saturated rings. The molecule has 0 saturated carbocycles. The number of hydrogen-bond donors (Lipinski definition) is 2. The summed E-state index contributed by atoms with van der Waals surface area (Å²) in [5.41, 5.74) is 7.36. The van der Waals surface area contributed by atoms with E-state index in [1.54, 1.807) is 0 Å². The Balaban J connectivity index is 0.00000288. The third-order valence-electron chi connectivity index (χ3n) is 4.44. The Morgan fingerprint density at radius 2 is 1.88 bits per heavy atom. The summed E-state index contributed by atoms with van der Waals surface area (Å²) in [7, 11) is 0. The quantitative estimate of drug-likeness (QED) is 0.368. The highest BCUT2D eigenvalue weighted by Crippen LogP contribution is 2.18. The number of nitrogens with zero attached hydrogens (tertiary/aromatic N) is 2. The normalized spacial score (nSPS) is 16.9. The molecule has 0 amide bonds. The van der Waals surface area contributed by atoms with E-state index >= 15 is 0 Å². The predicted octanol–water partition coefficient (Wildman–Crippen LogP) is 3.26. The molecule has 1 aromatic carbocycles. The Hall–Kier alpha value is -0.820. The van der Waals surface area contributed by atoms with Crippen molar-refractivity contribution in [2.75, 3.05) is 26.2 Å². The van der Waals surface area contributed by atoms with Crippen LogP contribution < -0.4 is 11.1 Å². The van der Waals surface area contributed by atoms with Gasteiger partial charge in [-0.1, -0.05) is 44.2 Å². The van der Waals surface area contributed by atoms with Gasteiger partial charge in [-0.2, -0.15) is 0 Å². The molecule has 3 N–H and O–H groups in total. The Morgan fingerprint density at radius 3 is 2.50 bits per heavy atom. The molecule has 1 aliphatic heterocycles. The average Bonchev–Trinajstić information content (AvgIpc) is 3.06. The molecule has 0 bridgehead atoms. The van der Waals surface area contributed by atoms with Crippen LogP contribution in [0.2, 0.25) is 0 Å². The number of likely N-dealkylation sites (tertiary alicyclic amines) is 1. The molecule has 136 valence electrons. The highest BCUT2D eigenvalue weighted by Gasteiger charge is 2.22. The number of guanidine groups is 1. The molecule has 2 rings (SSSR count). The third-order valence-corrected chi connectivity index (χ3v) is 4.44. The van der Waals surface area contributed by atoms with Gasteiger partial charge in [-0.15, -0.1) is 24.0 Å². The van der Waals surface area contributed by atoms with Crippen LogP contribution in [0.5, 0.6) is 0 Å². The van der Waals surface area contributed by atoms with Crippen LogP contribution in [-0.2, 0) is 6.42 Å². The average molecular weight is 444 g/mol. The highest BCUT2D eigenvalue weighted by molar-refractivity contribution is 14.0. The van der Waals surface area contributed by atoms with Crippen molar-refractivity contribution < 1.29 is 0 Å². The van der Waals surface area contributed by atoms with Crippen molar-refractivity contribution in [2.24, 2.45) is 16.6 Å². The maximum absolute atomic E-state index is 6.04. The molecule has 1 aliphatic rings. The highest BCUT2D eigenvalue weighted by atomic mass is 127. The van der Waals surface area contributed by atoms with Gasteiger partial charge >= 0.3 is 0 Å². The number of rotatable bonds is 8. The second-order valence-corrected chi connectivity index (χ2v) is 6.91. The van der Waals surface area contributed by atoms with Gasteiger partial charge < -0.3 is 11.1 Å². The molecule has 0 aliphatic carbocycles. The molecule has 4 nitrogen and oxygen atoms in total. The number of nitrogens with one attached hydrogen (secondary N) is 1. The van der Waals surface area contributed by atoms with Crippen LogP contribution in [0.15, 0.2) is 35.3 Å². The third kappa shape index (κ3) is 7.83. The van der Waals surface area contributed by atoms with E-state index in [9.17, 15) is 0 Å². The smallest absolute Gasteiger partial charge is 0.188 e. The number of aliphatic imine (C=N–C) groups is 1. The molecule has 24 heavy (non-hydrogen) atoms. The lowest BCUT2D eigenvalue weighted by Gasteiger charge is -2.27. The fraction of sp³-hybridized carbons (Fsp3) is 0.632. The van der Waals surface area contributed by atoms with Gasteiger partial charge in [-0.3, -0.25) is 9.89 Å². The molecule has 1 saturated heterocycles. The van der Waals surface area contributed by atoms with E-state index < -0.39 is 0 Å². The molecule has 1 unspecified atom stereocenters. The largest absolute Gasteiger partial charge is 0.370 e. The second-order valence-electron chi connectivity index (χ2n) is 6.91. The van der Waals surface area contributed by atoms with Crippen molar-refractivity contribution >= 4 is 29.9 Å². The SMILES string of the molecule is CC(C)CC(CN=C(N)NCCc1ccccc1)N1CCCC1.I. The van der Waals surface area contributed by atoms with Crippen LogP contribution >= 0.6 is 24.0 Å². The van der Waals surface area contributed by atoms with Gasteiger partial charge in [0.25, 0.3) is 0 Å². The molecule has 0 spiro atoms. The standard InChI is InChI=1S/C19H32N4.HI/c1-16(2)14-18(23-12-6-7-13-23)15-22-19(20)21-11-10-17-8-4-3-5-9-17;/h3-5,8-9,16,18H,6-7,10-15H2,1-2H3,(H3,20,21,22);1H. The van der Waals surface area contributed by atoms with Crippen molar-refractivity contribution in [2.45, 2.75) is 45.6 Å². The van der Waals surface area contributed by atoms with E-state index in [1.807, 2.05) is 6.07 Å². The molecule has 1 aromatic rings. The van der Waals surface area contributed by atoms with E-state index in [0.717, 1.165) is 19.5 Å². The first-order valence-electron chi connectivity index (χ1n) is 8.97. The fourth-order valence-electron chi connectivity index (χ4n) is 3.23. The molecule has 1 heterocycles. The van der Waals surface area contributed by atoms with E-state index in [1.165, 1.54) is 37.9 Å². The van der Waals surface area contributed by atoms with E-state index in [-0.39, 0.29) is 24.0 Å². The molecular formula is C19H33IN4. The number of nitrogens with two attached hydrogens (primary N) is 1. The van der Waals surface area contributed by atoms with Crippen molar-refractivity contribution in [1.82, 2.24) is 10.2 Å². The number of hydrogen-bond acceptors (Lipinski definition) is 2. The van der Waals surface area contributed by atoms with Crippen LogP contribution in [0.25, 0.3) is 0 Å².